The molecule has 0 spiro atoms. The molecule has 0 saturated carbocycles. The number of thioether (sulfide) groups is 1. The number of hydrogen-bond donors (Lipinski definition) is 1. The molecule has 0 bridgehead atoms. The zero-order valence-corrected chi connectivity index (χ0v) is 11.0. The van der Waals surface area contributed by atoms with E-state index >= 15 is 0 Å². The number of nitrogens with one attached hydrogen (secondary N) is 1. The molecule has 3 heteroatoms. The van der Waals surface area contributed by atoms with Crippen molar-refractivity contribution in [1.82, 2.24) is 5.32 Å². The number of carbonyl (C=O) groups excluding carboxylic acids is 1. The molecule has 0 fully saturated rings. The average Bonchev–Trinajstić information content (AvgIpc) is 2.02. The molecule has 2 nitrogen and oxygen atoms in total. The van der Waals surface area contributed by atoms with Crippen molar-refractivity contribution in [3.63, 3.8) is 0 Å². The van der Waals surface area contributed by atoms with Gasteiger partial charge in [0.1, 0.15) is 0 Å². The first-order chi connectivity index (χ1) is 6.19. The Morgan fingerprint density at radius 1 is 1.21 bits per heavy atom. The fourth-order valence-electron chi connectivity index (χ4n) is 0.857. The van der Waals surface area contributed by atoms with Gasteiger partial charge in [0.25, 0.3) is 0 Å². The van der Waals surface area contributed by atoms with Crippen LogP contribution in [-0.4, -0.2) is 23.5 Å². The molecule has 0 aromatic carbocycles. The second kappa shape index (κ2) is 5.06. The van der Waals surface area contributed by atoms with Gasteiger partial charge in [-0.2, -0.15) is 0 Å². The monoisotopic (exact) mass is 217 g/mol. The van der Waals surface area contributed by atoms with Crippen LogP contribution >= 0.6 is 11.8 Å². The Labute approximate surface area is 92.2 Å². The average molecular weight is 217 g/mol. The third-order valence-electron chi connectivity index (χ3n) is 2.22. The molecule has 1 amide bonds. The van der Waals surface area contributed by atoms with Crippen molar-refractivity contribution in [3.05, 3.63) is 0 Å². The summed E-state index contributed by atoms with van der Waals surface area (Å²) in [6.07, 6.45) is 2.98. The molecular formula is C11H23NOS. The summed E-state index contributed by atoms with van der Waals surface area (Å²) in [7, 11) is 0. The first-order valence-electron chi connectivity index (χ1n) is 5.02. The second-order valence-electron chi connectivity index (χ2n) is 5.28. The van der Waals surface area contributed by atoms with E-state index in [0.717, 1.165) is 13.0 Å². The summed E-state index contributed by atoms with van der Waals surface area (Å²) in [4.78, 5) is 11.6. The summed E-state index contributed by atoms with van der Waals surface area (Å²) in [6, 6.07) is 0. The Morgan fingerprint density at radius 2 is 1.71 bits per heavy atom. The van der Waals surface area contributed by atoms with Crippen LogP contribution in [0.5, 0.6) is 0 Å². The zero-order chi connectivity index (χ0) is 11.4. The van der Waals surface area contributed by atoms with E-state index in [1.54, 1.807) is 11.8 Å². The van der Waals surface area contributed by atoms with Gasteiger partial charge in [0, 0.05) is 6.54 Å². The molecule has 0 aromatic rings. The maximum atomic E-state index is 11.6. The predicted octanol–water partition coefficient (Wildman–Crippen LogP) is 2.68. The Balaban J connectivity index is 3.87. The quantitative estimate of drug-likeness (QED) is 0.784. The molecule has 0 radical (unpaired) electrons. The van der Waals surface area contributed by atoms with E-state index in [-0.39, 0.29) is 16.1 Å². The molecular weight excluding hydrogens is 194 g/mol. The molecule has 14 heavy (non-hydrogen) atoms. The number of carbonyl (C=O) groups is 1. The number of hydrogen-bond acceptors (Lipinski definition) is 2. The van der Waals surface area contributed by atoms with Crippen LogP contribution in [0.2, 0.25) is 0 Å². The highest BCUT2D eigenvalue weighted by molar-refractivity contribution is 8.00. The highest BCUT2D eigenvalue weighted by Crippen LogP contribution is 2.21. The van der Waals surface area contributed by atoms with Gasteiger partial charge in [-0.15, -0.1) is 11.8 Å². The maximum Gasteiger partial charge on any atom is 0.235 e. The highest BCUT2D eigenvalue weighted by atomic mass is 32.2. The van der Waals surface area contributed by atoms with Crippen molar-refractivity contribution < 1.29 is 4.79 Å². The molecule has 0 rings (SSSR count). The molecule has 0 aliphatic heterocycles. The first kappa shape index (κ1) is 13.8. The minimum Gasteiger partial charge on any atom is -0.355 e. The van der Waals surface area contributed by atoms with Crippen molar-refractivity contribution in [2.24, 2.45) is 5.41 Å². The summed E-state index contributed by atoms with van der Waals surface area (Å²) < 4.78 is -0.308. The van der Waals surface area contributed by atoms with Gasteiger partial charge >= 0.3 is 0 Å². The molecule has 0 saturated heterocycles. The van der Waals surface area contributed by atoms with Gasteiger partial charge in [-0.05, 0) is 31.9 Å². The summed E-state index contributed by atoms with van der Waals surface area (Å²) in [5.41, 5.74) is 0.288. The minimum absolute atomic E-state index is 0.134. The van der Waals surface area contributed by atoms with Gasteiger partial charge in [0.05, 0.1) is 4.75 Å². The standard InChI is InChI=1S/C11H23NOS/c1-10(2,3)7-8-12-9(13)11(4,5)14-6/h7-8H2,1-6H3,(H,12,13). The SMILES string of the molecule is CSC(C)(C)C(=O)NCCC(C)(C)C. The normalized spacial score (nSPS) is 12.7. The van der Waals surface area contributed by atoms with Crippen LogP contribution in [0.15, 0.2) is 0 Å². The maximum absolute atomic E-state index is 11.6. The van der Waals surface area contributed by atoms with Crippen molar-refractivity contribution in [2.45, 2.75) is 45.8 Å². The lowest BCUT2D eigenvalue weighted by atomic mass is 9.92. The smallest absolute Gasteiger partial charge is 0.235 e. The zero-order valence-electron chi connectivity index (χ0n) is 10.2. The van der Waals surface area contributed by atoms with Crippen LogP contribution < -0.4 is 5.32 Å². The van der Waals surface area contributed by atoms with Crippen molar-refractivity contribution >= 4 is 17.7 Å². The predicted molar refractivity (Wildman–Crippen MR) is 64.7 cm³/mol. The molecule has 0 aliphatic carbocycles. The van der Waals surface area contributed by atoms with Crippen LogP contribution in [0.25, 0.3) is 0 Å². The first-order valence-corrected chi connectivity index (χ1v) is 6.25. The molecule has 0 unspecified atom stereocenters. The Kier molecular flexibility index (Phi) is 4.99. The van der Waals surface area contributed by atoms with Crippen LogP contribution in [0.4, 0.5) is 0 Å². The second-order valence-corrected chi connectivity index (χ2v) is 6.71. The van der Waals surface area contributed by atoms with E-state index in [0.29, 0.717) is 0 Å². The summed E-state index contributed by atoms with van der Waals surface area (Å²) in [5.74, 6) is 0.134. The van der Waals surface area contributed by atoms with Crippen molar-refractivity contribution in [1.29, 1.82) is 0 Å². The summed E-state index contributed by atoms with van der Waals surface area (Å²) in [6.45, 7) is 11.2. The summed E-state index contributed by atoms with van der Waals surface area (Å²) in [5, 5.41) is 2.97. The minimum atomic E-state index is -0.308. The molecule has 0 heterocycles. The molecule has 0 aromatic heterocycles. The van der Waals surface area contributed by atoms with Crippen molar-refractivity contribution in [3.8, 4) is 0 Å². The largest absolute Gasteiger partial charge is 0.355 e. The van der Waals surface area contributed by atoms with E-state index in [1.165, 1.54) is 0 Å². The van der Waals surface area contributed by atoms with Gasteiger partial charge in [0.2, 0.25) is 5.91 Å². The lowest BCUT2D eigenvalue weighted by Crippen LogP contribution is -2.40. The Morgan fingerprint density at radius 3 is 2.07 bits per heavy atom. The van der Waals surface area contributed by atoms with E-state index in [2.05, 4.69) is 26.1 Å². The number of rotatable bonds is 4. The fraction of sp³-hybridized carbons (Fsp3) is 0.909. The van der Waals surface area contributed by atoms with Crippen molar-refractivity contribution in [2.75, 3.05) is 12.8 Å². The van der Waals surface area contributed by atoms with Crippen LogP contribution in [0, 0.1) is 5.41 Å². The van der Waals surface area contributed by atoms with Crippen LogP contribution in [0.1, 0.15) is 41.0 Å². The summed E-state index contributed by atoms with van der Waals surface area (Å²) >= 11 is 1.58. The lowest BCUT2D eigenvalue weighted by molar-refractivity contribution is -0.122. The van der Waals surface area contributed by atoms with Crippen LogP contribution in [-0.2, 0) is 4.79 Å². The molecule has 0 atom stereocenters. The third kappa shape index (κ3) is 5.53. The van der Waals surface area contributed by atoms with E-state index in [1.807, 2.05) is 20.1 Å². The fourth-order valence-corrected chi connectivity index (χ4v) is 1.11. The van der Waals surface area contributed by atoms with E-state index in [4.69, 9.17) is 0 Å². The number of amides is 1. The Bertz CT molecular complexity index is 194. The molecule has 0 aliphatic rings. The van der Waals surface area contributed by atoms with Gasteiger partial charge < -0.3 is 5.32 Å². The van der Waals surface area contributed by atoms with Crippen LogP contribution in [0.3, 0.4) is 0 Å². The van der Waals surface area contributed by atoms with Gasteiger partial charge in [-0.25, -0.2) is 0 Å². The lowest BCUT2D eigenvalue weighted by Gasteiger charge is -2.23. The molecule has 1 N–H and O–H groups in total. The van der Waals surface area contributed by atoms with Gasteiger partial charge in [0.15, 0.2) is 0 Å². The molecule has 84 valence electrons. The van der Waals surface area contributed by atoms with Gasteiger partial charge in [-0.1, -0.05) is 20.8 Å². The topological polar surface area (TPSA) is 29.1 Å². The van der Waals surface area contributed by atoms with E-state index in [9.17, 15) is 4.79 Å². The van der Waals surface area contributed by atoms with Gasteiger partial charge in [-0.3, -0.25) is 4.79 Å². The third-order valence-corrected chi connectivity index (χ3v) is 3.42. The highest BCUT2D eigenvalue weighted by Gasteiger charge is 2.25. The Hall–Kier alpha value is -0.180. The van der Waals surface area contributed by atoms with E-state index < -0.39 is 0 Å².